The Hall–Kier alpha value is -2.05. The van der Waals surface area contributed by atoms with E-state index in [9.17, 15) is 40.5 Å². The fraction of sp³-hybridized carbons (Fsp3) is 0.852. The molecule has 2 rings (SSSR count). The SMILES string of the molecule is CC/C=C\C/C=C\C/C=C\C/C=C\CCCCCCC(=O)OC(COCCCCCCCCCCCCCCCCCCCCCCCCCC)COC1OC(COC2OC(CO)C(O)C(O)C2O)C(O)C(O)C1O. The normalized spacial score (nSPS) is 24.9. The van der Waals surface area contributed by atoms with Crippen molar-refractivity contribution in [1.82, 2.24) is 0 Å². The molecule has 0 aromatic heterocycles. The minimum atomic E-state index is -1.71. The standard InChI is InChI=1S/C61H110O14/c1-3-5-7-9-11-13-15-17-19-21-22-23-24-25-26-27-29-31-33-35-37-39-41-43-45-70-47-50(73-53(63)44-42-40-38-36-34-32-30-28-20-18-16-14-12-10-8-6-4-2)48-71-60-59(69)57(67)55(65)52(75-60)49-72-61-58(68)56(66)54(64)51(46-62)74-61/h6,8,12,14,18,20,30,32,50-52,54-62,64-69H,3-5,7,9-11,13,15-17,19,21-29,31,33-49H2,1-2H3/b8-6-,14-12-,20-18-,32-30-. The maximum absolute atomic E-state index is 13.1. The van der Waals surface area contributed by atoms with Crippen LogP contribution in [0.2, 0.25) is 0 Å². The van der Waals surface area contributed by atoms with Crippen LogP contribution in [0.5, 0.6) is 0 Å². The van der Waals surface area contributed by atoms with Crippen LogP contribution in [-0.2, 0) is 33.2 Å². The molecule has 0 saturated carbocycles. The largest absolute Gasteiger partial charge is 0.457 e. The third-order valence-electron chi connectivity index (χ3n) is 14.4. The molecule has 2 heterocycles. The first kappa shape index (κ1) is 69.1. The fourth-order valence-electron chi connectivity index (χ4n) is 9.51. The number of ether oxygens (including phenoxy) is 6. The number of rotatable bonds is 49. The zero-order valence-electron chi connectivity index (χ0n) is 47.0. The second-order valence-corrected chi connectivity index (χ2v) is 21.2. The van der Waals surface area contributed by atoms with Gasteiger partial charge < -0.3 is 64.2 Å². The molecule has 2 fully saturated rings. The number of carbonyl (C=O) groups is 1. The average molecular weight is 1070 g/mol. The zero-order valence-corrected chi connectivity index (χ0v) is 47.0. The Labute approximate surface area is 454 Å². The summed E-state index contributed by atoms with van der Waals surface area (Å²) in [6, 6.07) is 0. The van der Waals surface area contributed by atoms with Crippen LogP contribution in [0.15, 0.2) is 48.6 Å². The molecule has 75 heavy (non-hydrogen) atoms. The van der Waals surface area contributed by atoms with Crippen molar-refractivity contribution in [3.8, 4) is 0 Å². The third-order valence-corrected chi connectivity index (χ3v) is 14.4. The number of unbranched alkanes of at least 4 members (excludes halogenated alkanes) is 27. The van der Waals surface area contributed by atoms with Gasteiger partial charge in [-0.3, -0.25) is 4.79 Å². The summed E-state index contributed by atoms with van der Waals surface area (Å²) in [6.45, 7) is 3.58. The summed E-state index contributed by atoms with van der Waals surface area (Å²) in [5.41, 5.74) is 0. The number of allylic oxidation sites excluding steroid dienone is 8. The van der Waals surface area contributed by atoms with Crippen LogP contribution in [-0.4, -0.2) is 142 Å². The number of hydrogen-bond donors (Lipinski definition) is 7. The lowest BCUT2D eigenvalue weighted by Crippen LogP contribution is -2.61. The average Bonchev–Trinajstić information content (AvgIpc) is 3.41. The van der Waals surface area contributed by atoms with Gasteiger partial charge in [-0.25, -0.2) is 0 Å². The van der Waals surface area contributed by atoms with E-state index in [-0.39, 0.29) is 19.6 Å². The highest BCUT2D eigenvalue weighted by atomic mass is 16.7. The molecular weight excluding hydrogens is 957 g/mol. The molecule has 0 aliphatic carbocycles. The van der Waals surface area contributed by atoms with E-state index in [0.29, 0.717) is 13.0 Å². The van der Waals surface area contributed by atoms with E-state index in [0.717, 1.165) is 70.6 Å². The van der Waals surface area contributed by atoms with E-state index in [1.54, 1.807) is 0 Å². The van der Waals surface area contributed by atoms with Gasteiger partial charge in [-0.1, -0.05) is 223 Å². The van der Waals surface area contributed by atoms with Crippen LogP contribution in [0.1, 0.15) is 232 Å². The summed E-state index contributed by atoms with van der Waals surface area (Å²) in [6.07, 6.45) is 41.8. The first-order chi connectivity index (χ1) is 36.6. The molecule has 438 valence electrons. The van der Waals surface area contributed by atoms with E-state index in [1.807, 2.05) is 0 Å². The Morgan fingerprint density at radius 1 is 0.453 bits per heavy atom. The van der Waals surface area contributed by atoms with Crippen LogP contribution < -0.4 is 0 Å². The lowest BCUT2D eigenvalue weighted by Gasteiger charge is -2.42. The highest BCUT2D eigenvalue weighted by Gasteiger charge is 2.47. The molecule has 2 saturated heterocycles. The van der Waals surface area contributed by atoms with Crippen LogP contribution >= 0.6 is 0 Å². The summed E-state index contributed by atoms with van der Waals surface area (Å²) in [5, 5.41) is 72.4. The topological polar surface area (TPSA) is 214 Å². The summed E-state index contributed by atoms with van der Waals surface area (Å²) in [4.78, 5) is 13.1. The first-order valence-corrected chi connectivity index (χ1v) is 30.2. The van der Waals surface area contributed by atoms with Crippen LogP contribution in [0.25, 0.3) is 0 Å². The Balaban J connectivity index is 1.69. The van der Waals surface area contributed by atoms with Gasteiger partial charge in [-0.05, 0) is 51.4 Å². The van der Waals surface area contributed by atoms with Crippen molar-refractivity contribution in [1.29, 1.82) is 0 Å². The second kappa shape index (κ2) is 47.9. The van der Waals surface area contributed by atoms with Crippen molar-refractivity contribution >= 4 is 5.97 Å². The van der Waals surface area contributed by atoms with Gasteiger partial charge in [-0.15, -0.1) is 0 Å². The molecule has 0 radical (unpaired) electrons. The molecule has 0 bridgehead atoms. The molecular formula is C61H110O14. The summed E-state index contributed by atoms with van der Waals surface area (Å²) < 4.78 is 34.4. The van der Waals surface area contributed by atoms with Gasteiger partial charge in [0.05, 0.1) is 26.4 Å². The number of hydrogen-bond acceptors (Lipinski definition) is 14. The van der Waals surface area contributed by atoms with E-state index in [4.69, 9.17) is 28.4 Å². The number of esters is 1. The summed E-state index contributed by atoms with van der Waals surface area (Å²) in [7, 11) is 0. The van der Waals surface area contributed by atoms with Gasteiger partial charge in [-0.2, -0.15) is 0 Å². The molecule has 2 aliphatic heterocycles. The van der Waals surface area contributed by atoms with Gasteiger partial charge >= 0.3 is 5.97 Å². The Morgan fingerprint density at radius 2 is 0.867 bits per heavy atom. The first-order valence-electron chi connectivity index (χ1n) is 30.2. The van der Waals surface area contributed by atoms with E-state index < -0.39 is 86.7 Å². The Bertz CT molecular complexity index is 1420. The van der Waals surface area contributed by atoms with Crippen molar-refractivity contribution in [3.63, 3.8) is 0 Å². The van der Waals surface area contributed by atoms with Crippen molar-refractivity contribution < 1.29 is 69.0 Å². The van der Waals surface area contributed by atoms with Crippen LogP contribution in [0.3, 0.4) is 0 Å². The van der Waals surface area contributed by atoms with E-state index >= 15 is 0 Å². The Morgan fingerprint density at radius 3 is 1.36 bits per heavy atom. The molecule has 0 spiro atoms. The maximum Gasteiger partial charge on any atom is 0.306 e. The van der Waals surface area contributed by atoms with Gasteiger partial charge in [0.2, 0.25) is 0 Å². The zero-order chi connectivity index (χ0) is 54.4. The van der Waals surface area contributed by atoms with Crippen molar-refractivity contribution in [2.75, 3.05) is 33.0 Å². The van der Waals surface area contributed by atoms with Gasteiger partial charge in [0.15, 0.2) is 12.6 Å². The van der Waals surface area contributed by atoms with Crippen molar-refractivity contribution in [2.24, 2.45) is 0 Å². The van der Waals surface area contributed by atoms with E-state index in [1.165, 1.54) is 135 Å². The lowest BCUT2D eigenvalue weighted by atomic mass is 9.98. The predicted molar refractivity (Wildman–Crippen MR) is 298 cm³/mol. The molecule has 11 atom stereocenters. The van der Waals surface area contributed by atoms with E-state index in [2.05, 4.69) is 62.5 Å². The molecule has 0 aromatic rings. The predicted octanol–water partition coefficient (Wildman–Crippen LogP) is 11.1. The number of aliphatic hydroxyl groups is 7. The Kier molecular flexibility index (Phi) is 44.1. The number of carbonyl (C=O) groups excluding carboxylic acids is 1. The minimum absolute atomic E-state index is 0.0532. The van der Waals surface area contributed by atoms with Crippen LogP contribution in [0, 0.1) is 0 Å². The van der Waals surface area contributed by atoms with Gasteiger partial charge in [0.25, 0.3) is 0 Å². The third kappa shape index (κ3) is 34.5. The highest BCUT2D eigenvalue weighted by molar-refractivity contribution is 5.69. The van der Waals surface area contributed by atoms with Gasteiger partial charge in [0, 0.05) is 13.0 Å². The molecule has 7 N–H and O–H groups in total. The molecule has 0 aromatic carbocycles. The van der Waals surface area contributed by atoms with Gasteiger partial charge in [0.1, 0.15) is 54.9 Å². The second-order valence-electron chi connectivity index (χ2n) is 21.2. The highest BCUT2D eigenvalue weighted by Crippen LogP contribution is 2.27. The fourth-order valence-corrected chi connectivity index (χ4v) is 9.51. The molecule has 11 unspecified atom stereocenters. The minimum Gasteiger partial charge on any atom is -0.457 e. The summed E-state index contributed by atoms with van der Waals surface area (Å²) >= 11 is 0. The summed E-state index contributed by atoms with van der Waals surface area (Å²) in [5.74, 6) is -0.396. The lowest BCUT2D eigenvalue weighted by molar-refractivity contribution is -0.332. The molecule has 14 nitrogen and oxygen atoms in total. The van der Waals surface area contributed by atoms with Crippen molar-refractivity contribution in [3.05, 3.63) is 48.6 Å². The molecule has 0 amide bonds. The monoisotopic (exact) mass is 1070 g/mol. The quantitative estimate of drug-likeness (QED) is 0.0172. The smallest absolute Gasteiger partial charge is 0.306 e. The maximum atomic E-state index is 13.1. The number of aliphatic hydroxyl groups excluding tert-OH is 7. The molecule has 14 heteroatoms. The molecule has 2 aliphatic rings. The van der Waals surface area contributed by atoms with Crippen LogP contribution in [0.4, 0.5) is 0 Å². The van der Waals surface area contributed by atoms with Crippen molar-refractivity contribution in [2.45, 2.75) is 300 Å².